The molecule has 0 radical (unpaired) electrons. The van der Waals surface area contributed by atoms with Gasteiger partial charge >= 0.3 is 0 Å². The second-order valence-electron chi connectivity index (χ2n) is 11.0. The first-order valence-corrected chi connectivity index (χ1v) is 13.2. The summed E-state index contributed by atoms with van der Waals surface area (Å²) < 4.78 is 15.4. The minimum absolute atomic E-state index is 0.0470. The molecule has 0 amide bonds. The van der Waals surface area contributed by atoms with Gasteiger partial charge in [-0.15, -0.1) is 0 Å². The van der Waals surface area contributed by atoms with E-state index in [0.29, 0.717) is 11.4 Å². The Morgan fingerprint density at radius 1 is 1.26 bits per heavy atom. The van der Waals surface area contributed by atoms with Crippen LogP contribution in [-0.4, -0.2) is 57.5 Å². The van der Waals surface area contributed by atoms with Crippen LogP contribution < -0.4 is 5.32 Å². The topological polar surface area (TPSA) is 47.2 Å². The Bertz CT molecular complexity index is 1230. The van der Waals surface area contributed by atoms with Gasteiger partial charge < -0.3 is 10.3 Å². The van der Waals surface area contributed by atoms with E-state index in [-0.39, 0.29) is 17.9 Å². The van der Waals surface area contributed by atoms with E-state index in [4.69, 9.17) is 0 Å². The average Bonchev–Trinajstić information content (AvgIpc) is 3.17. The fourth-order valence-corrected chi connectivity index (χ4v) is 6.94. The van der Waals surface area contributed by atoms with Crippen molar-refractivity contribution in [2.45, 2.75) is 63.1 Å². The third-order valence-electron chi connectivity index (χ3n) is 9.04. The Hall–Kier alpha value is -2.44. The number of fused-ring (bicyclic) bond motifs is 4. The van der Waals surface area contributed by atoms with Gasteiger partial charge in [0.15, 0.2) is 11.6 Å². The third kappa shape index (κ3) is 3.14. The molecule has 3 fully saturated rings. The van der Waals surface area contributed by atoms with E-state index < -0.39 is 0 Å². The summed E-state index contributed by atoms with van der Waals surface area (Å²) in [6, 6.07) is 10.7. The van der Waals surface area contributed by atoms with Gasteiger partial charge in [0, 0.05) is 48.0 Å². The molecule has 2 aliphatic heterocycles. The molecule has 2 aromatic heterocycles. The monoisotopic (exact) mass is 459 g/mol. The highest BCUT2D eigenvalue weighted by molar-refractivity contribution is 5.85. The van der Waals surface area contributed by atoms with Crippen molar-refractivity contribution in [2.24, 2.45) is 5.92 Å². The summed E-state index contributed by atoms with van der Waals surface area (Å²) in [6.07, 6.45) is 9.32. The molecule has 5 nitrogen and oxygen atoms in total. The van der Waals surface area contributed by atoms with Crippen LogP contribution in [0.3, 0.4) is 0 Å². The lowest BCUT2D eigenvalue weighted by molar-refractivity contribution is 0.0689. The number of halogens is 1. The summed E-state index contributed by atoms with van der Waals surface area (Å²) in [5.74, 6) is 0.995. The molecule has 6 heteroatoms. The van der Waals surface area contributed by atoms with Crippen LogP contribution in [0.1, 0.15) is 61.9 Å². The molecule has 0 spiro atoms. The highest BCUT2D eigenvalue weighted by Gasteiger charge is 2.66. The van der Waals surface area contributed by atoms with Gasteiger partial charge in [-0.2, -0.15) is 0 Å². The summed E-state index contributed by atoms with van der Waals surface area (Å²) in [5.41, 5.74) is 5.13. The van der Waals surface area contributed by atoms with Crippen LogP contribution >= 0.6 is 0 Å². The molecule has 7 rings (SSSR count). The number of aromatic nitrogens is 2. The van der Waals surface area contributed by atoms with Crippen molar-refractivity contribution in [3.63, 3.8) is 0 Å². The highest BCUT2D eigenvalue weighted by atomic mass is 19.1. The smallest absolute Gasteiger partial charge is 0.165 e. The predicted octanol–water partition coefficient (Wildman–Crippen LogP) is 5.10. The fourth-order valence-electron chi connectivity index (χ4n) is 6.94. The molecular formula is C28H34FN5. The maximum absolute atomic E-state index is 15.4. The van der Waals surface area contributed by atoms with Crippen LogP contribution in [0.25, 0.3) is 10.9 Å². The number of nitrogens with one attached hydrogen (secondary N) is 2. The molecule has 178 valence electrons. The van der Waals surface area contributed by atoms with E-state index in [2.05, 4.69) is 56.3 Å². The van der Waals surface area contributed by atoms with Gasteiger partial charge in [-0.05, 0) is 67.8 Å². The maximum Gasteiger partial charge on any atom is 0.165 e. The lowest BCUT2D eigenvalue weighted by Gasteiger charge is -2.46. The Balaban J connectivity index is 1.19. The zero-order valence-corrected chi connectivity index (χ0v) is 20.0. The molecule has 3 aromatic rings. The summed E-state index contributed by atoms with van der Waals surface area (Å²) in [6.45, 7) is 6.34. The van der Waals surface area contributed by atoms with Crippen LogP contribution in [0.5, 0.6) is 0 Å². The number of unbranched alkanes of at least 4 members (excludes halogenated alkanes) is 1. The maximum atomic E-state index is 15.4. The van der Waals surface area contributed by atoms with Gasteiger partial charge in [-0.3, -0.25) is 9.80 Å². The Kier molecular flexibility index (Phi) is 4.78. The molecule has 1 saturated heterocycles. The van der Waals surface area contributed by atoms with Crippen molar-refractivity contribution in [1.82, 2.24) is 19.8 Å². The second kappa shape index (κ2) is 7.79. The van der Waals surface area contributed by atoms with Crippen molar-refractivity contribution >= 4 is 16.7 Å². The first-order chi connectivity index (χ1) is 16.7. The van der Waals surface area contributed by atoms with E-state index in [1.54, 1.807) is 6.07 Å². The number of benzene rings is 1. The van der Waals surface area contributed by atoms with Crippen molar-refractivity contribution < 1.29 is 4.39 Å². The number of hydrogen-bond donors (Lipinski definition) is 2. The van der Waals surface area contributed by atoms with E-state index >= 15 is 4.39 Å². The second-order valence-corrected chi connectivity index (χ2v) is 11.0. The van der Waals surface area contributed by atoms with Gasteiger partial charge in [0.05, 0.1) is 12.1 Å². The number of likely N-dealkylation sites (tertiary alicyclic amines) is 1. The summed E-state index contributed by atoms with van der Waals surface area (Å²) in [7, 11) is 0. The molecule has 2 aliphatic carbocycles. The molecule has 2 saturated carbocycles. The molecule has 4 aliphatic rings. The Labute approximate surface area is 200 Å². The van der Waals surface area contributed by atoms with Crippen molar-refractivity contribution in [3.05, 3.63) is 59.2 Å². The van der Waals surface area contributed by atoms with Crippen LogP contribution in [0.4, 0.5) is 10.2 Å². The summed E-state index contributed by atoms with van der Waals surface area (Å²) in [4.78, 5) is 13.5. The largest absolute Gasteiger partial charge is 0.362 e. The first kappa shape index (κ1) is 20.9. The minimum Gasteiger partial charge on any atom is -0.362 e. The van der Waals surface area contributed by atoms with Crippen LogP contribution in [0.2, 0.25) is 0 Å². The highest BCUT2D eigenvalue weighted by Crippen LogP contribution is 2.66. The van der Waals surface area contributed by atoms with Crippen molar-refractivity contribution in [3.8, 4) is 0 Å². The predicted molar refractivity (Wildman–Crippen MR) is 134 cm³/mol. The Morgan fingerprint density at radius 2 is 2.15 bits per heavy atom. The number of hydrogen-bond acceptors (Lipinski definition) is 4. The Morgan fingerprint density at radius 3 is 2.88 bits per heavy atom. The van der Waals surface area contributed by atoms with Gasteiger partial charge in [-0.25, -0.2) is 9.37 Å². The quantitative estimate of drug-likeness (QED) is 0.516. The molecule has 3 unspecified atom stereocenters. The van der Waals surface area contributed by atoms with E-state index in [1.165, 1.54) is 54.3 Å². The zero-order chi connectivity index (χ0) is 22.9. The van der Waals surface area contributed by atoms with Crippen molar-refractivity contribution in [2.75, 3.05) is 31.5 Å². The first-order valence-electron chi connectivity index (χ1n) is 13.2. The van der Waals surface area contributed by atoms with Gasteiger partial charge in [0.1, 0.15) is 0 Å². The average molecular weight is 460 g/mol. The van der Waals surface area contributed by atoms with Crippen molar-refractivity contribution in [1.29, 1.82) is 0 Å². The number of aromatic amines is 1. The molecule has 3 atom stereocenters. The number of nitrogens with zero attached hydrogens (tertiary/aromatic N) is 3. The standard InChI is InChI=1S/C28H34FN5/c1-2-3-11-33-16-20(17-33)31-27-23(29)13-18(15-30-27)26-25-22(21-6-4-5-7-24(21)32-25)9-12-34(26)28-10-8-19(28)14-28/h4-7,13,15,19-20,26,32H,2-3,8-12,14,16-17H2,1H3,(H,30,31). The minimum atomic E-state index is -0.230. The molecule has 34 heavy (non-hydrogen) atoms. The number of H-pyrrole nitrogens is 1. The van der Waals surface area contributed by atoms with E-state index in [0.717, 1.165) is 44.1 Å². The zero-order valence-electron chi connectivity index (χ0n) is 20.0. The number of anilines is 1. The molecule has 4 heterocycles. The van der Waals surface area contributed by atoms with Crippen LogP contribution in [0.15, 0.2) is 36.5 Å². The van der Waals surface area contributed by atoms with Gasteiger partial charge in [0.25, 0.3) is 0 Å². The SMILES string of the molecule is CCCCN1CC(Nc2ncc(C3c4[nH]c5ccccc5c4CCN3C34CCC3C4)cc2F)C1. The molecule has 0 bridgehead atoms. The normalized spacial score (nSPS) is 28.8. The number of para-hydroxylation sites is 1. The van der Waals surface area contributed by atoms with E-state index in [1.807, 2.05) is 6.20 Å². The summed E-state index contributed by atoms with van der Waals surface area (Å²) >= 11 is 0. The van der Waals surface area contributed by atoms with Crippen LogP contribution in [0, 0.1) is 11.7 Å². The molecular weight excluding hydrogens is 425 g/mol. The van der Waals surface area contributed by atoms with Crippen LogP contribution in [-0.2, 0) is 6.42 Å². The molecule has 1 aromatic carbocycles. The van der Waals surface area contributed by atoms with Gasteiger partial charge in [-0.1, -0.05) is 31.5 Å². The number of rotatable bonds is 7. The lowest BCUT2D eigenvalue weighted by Crippen LogP contribution is -2.55. The third-order valence-corrected chi connectivity index (χ3v) is 9.04. The summed E-state index contributed by atoms with van der Waals surface area (Å²) in [5, 5.41) is 4.66. The molecule has 2 N–H and O–H groups in total. The van der Waals surface area contributed by atoms with Gasteiger partial charge in [0.2, 0.25) is 0 Å². The lowest BCUT2D eigenvalue weighted by atomic mass is 9.84. The van der Waals surface area contributed by atoms with E-state index in [9.17, 15) is 0 Å². The fraction of sp³-hybridized carbons (Fsp3) is 0.536. The number of pyridine rings is 1.